The molecule has 0 aliphatic heterocycles. The Morgan fingerprint density at radius 1 is 1.04 bits per heavy atom. The summed E-state index contributed by atoms with van der Waals surface area (Å²) in [5.41, 5.74) is 2.39. The van der Waals surface area contributed by atoms with Crippen molar-refractivity contribution in [2.75, 3.05) is 40.3 Å². The van der Waals surface area contributed by atoms with Gasteiger partial charge in [-0.2, -0.15) is 0 Å². The van der Waals surface area contributed by atoms with Gasteiger partial charge in [0.25, 0.3) is 0 Å². The molecule has 0 amide bonds. The van der Waals surface area contributed by atoms with E-state index in [1.165, 1.54) is 5.56 Å². The van der Waals surface area contributed by atoms with Crippen molar-refractivity contribution in [1.82, 2.24) is 10.2 Å². The maximum atomic E-state index is 6.16. The first-order valence-corrected chi connectivity index (χ1v) is 8.83. The fourth-order valence-corrected chi connectivity index (χ4v) is 2.64. The molecule has 1 N–H and O–H groups in total. The smallest absolute Gasteiger partial charge is 0.122 e. The Balaban J connectivity index is 1.82. The van der Waals surface area contributed by atoms with E-state index in [1.54, 1.807) is 0 Å². The number of hydrogen-bond donors (Lipinski definition) is 1. The molecule has 0 aliphatic rings. The second kappa shape index (κ2) is 10.3. The Morgan fingerprint density at radius 3 is 2.58 bits per heavy atom. The lowest BCUT2D eigenvalue weighted by molar-refractivity contribution is 0.303. The molecule has 0 unspecified atom stereocenters. The van der Waals surface area contributed by atoms with Crippen LogP contribution in [0, 0.1) is 0 Å². The first-order valence-electron chi connectivity index (χ1n) is 8.46. The van der Waals surface area contributed by atoms with Gasteiger partial charge in [-0.05, 0) is 56.4 Å². The molecule has 24 heavy (non-hydrogen) atoms. The van der Waals surface area contributed by atoms with E-state index in [0.717, 1.165) is 48.8 Å². The summed E-state index contributed by atoms with van der Waals surface area (Å²) in [6.45, 7) is 3.74. The van der Waals surface area contributed by atoms with Crippen LogP contribution >= 0.6 is 11.6 Å². The van der Waals surface area contributed by atoms with Gasteiger partial charge in [0.05, 0.1) is 6.61 Å². The molecule has 0 heterocycles. The maximum Gasteiger partial charge on any atom is 0.122 e. The maximum absolute atomic E-state index is 6.16. The van der Waals surface area contributed by atoms with Crippen molar-refractivity contribution >= 4 is 11.6 Å². The average molecular weight is 347 g/mol. The number of nitrogens with one attached hydrogen (secondary N) is 1. The van der Waals surface area contributed by atoms with Gasteiger partial charge in [-0.25, -0.2) is 0 Å². The first-order chi connectivity index (χ1) is 11.6. The molecule has 0 bridgehead atoms. The van der Waals surface area contributed by atoms with Crippen molar-refractivity contribution in [3.05, 3.63) is 64.7 Å². The summed E-state index contributed by atoms with van der Waals surface area (Å²) in [5.74, 6) is 0.927. The lowest BCUT2D eigenvalue weighted by Crippen LogP contribution is -2.27. The number of halogens is 1. The van der Waals surface area contributed by atoms with Crippen LogP contribution in [0.1, 0.15) is 17.5 Å². The molecule has 0 aromatic heterocycles. The zero-order valence-corrected chi connectivity index (χ0v) is 15.4. The van der Waals surface area contributed by atoms with Crippen molar-refractivity contribution in [3.63, 3.8) is 0 Å². The topological polar surface area (TPSA) is 24.5 Å². The molecular formula is C20H27ClN2O. The highest BCUT2D eigenvalue weighted by atomic mass is 35.5. The van der Waals surface area contributed by atoms with Crippen molar-refractivity contribution in [2.45, 2.75) is 12.8 Å². The molecule has 0 saturated carbocycles. The van der Waals surface area contributed by atoms with E-state index in [2.05, 4.69) is 48.6 Å². The fourth-order valence-electron chi connectivity index (χ4n) is 2.45. The van der Waals surface area contributed by atoms with E-state index in [1.807, 2.05) is 24.3 Å². The van der Waals surface area contributed by atoms with Crippen LogP contribution in [0.2, 0.25) is 5.02 Å². The lowest BCUT2D eigenvalue weighted by Gasteiger charge is -2.13. The second-order valence-corrected chi connectivity index (χ2v) is 6.61. The molecule has 0 radical (unpaired) electrons. The molecule has 0 fully saturated rings. The zero-order valence-electron chi connectivity index (χ0n) is 14.6. The molecule has 2 rings (SSSR count). The number of benzene rings is 2. The van der Waals surface area contributed by atoms with Gasteiger partial charge < -0.3 is 15.0 Å². The van der Waals surface area contributed by atoms with Gasteiger partial charge in [0.2, 0.25) is 0 Å². The van der Waals surface area contributed by atoms with Crippen LogP contribution in [0.5, 0.6) is 5.75 Å². The van der Waals surface area contributed by atoms with Gasteiger partial charge >= 0.3 is 0 Å². The number of hydrogen-bond acceptors (Lipinski definition) is 3. The van der Waals surface area contributed by atoms with Gasteiger partial charge in [-0.1, -0.05) is 41.9 Å². The molecule has 0 spiro atoms. The number of likely N-dealkylation sites (N-methyl/N-ethyl adjacent to an activating group) is 1. The van der Waals surface area contributed by atoms with E-state index < -0.39 is 0 Å². The molecule has 2 aromatic carbocycles. The molecule has 3 nitrogen and oxygen atoms in total. The summed E-state index contributed by atoms with van der Waals surface area (Å²) >= 11 is 6.16. The van der Waals surface area contributed by atoms with Crippen LogP contribution in [0.15, 0.2) is 48.5 Å². The third kappa shape index (κ3) is 6.91. The van der Waals surface area contributed by atoms with E-state index in [4.69, 9.17) is 16.3 Å². The highest BCUT2D eigenvalue weighted by molar-refractivity contribution is 6.30. The van der Waals surface area contributed by atoms with Gasteiger partial charge in [-0.15, -0.1) is 0 Å². The summed E-state index contributed by atoms with van der Waals surface area (Å²) in [5, 5.41) is 4.17. The molecule has 0 saturated heterocycles. The number of nitrogens with zero attached hydrogens (tertiary/aromatic N) is 1. The van der Waals surface area contributed by atoms with Crippen molar-refractivity contribution in [2.24, 2.45) is 0 Å². The summed E-state index contributed by atoms with van der Waals surface area (Å²) in [7, 11) is 4.17. The Hall–Kier alpha value is -1.55. The molecule has 0 atom stereocenters. The van der Waals surface area contributed by atoms with E-state index in [9.17, 15) is 0 Å². The average Bonchev–Trinajstić information content (AvgIpc) is 2.56. The van der Waals surface area contributed by atoms with E-state index >= 15 is 0 Å². The predicted octanol–water partition coefficient (Wildman–Crippen LogP) is 3.85. The van der Waals surface area contributed by atoms with Crippen LogP contribution in [0.25, 0.3) is 0 Å². The minimum atomic E-state index is 0.707. The van der Waals surface area contributed by atoms with E-state index in [-0.39, 0.29) is 0 Å². The van der Waals surface area contributed by atoms with E-state index in [0.29, 0.717) is 6.61 Å². The van der Waals surface area contributed by atoms with Crippen molar-refractivity contribution < 1.29 is 4.74 Å². The van der Waals surface area contributed by atoms with Gasteiger partial charge in [0, 0.05) is 24.5 Å². The summed E-state index contributed by atoms with van der Waals surface area (Å²) in [6, 6.07) is 16.3. The van der Waals surface area contributed by atoms with Gasteiger partial charge in [0.15, 0.2) is 0 Å². The Bertz CT molecular complexity index is 602. The Morgan fingerprint density at radius 2 is 1.83 bits per heavy atom. The third-order valence-electron chi connectivity index (χ3n) is 3.75. The van der Waals surface area contributed by atoms with Crippen LogP contribution in [-0.2, 0) is 6.42 Å². The molecule has 130 valence electrons. The van der Waals surface area contributed by atoms with Crippen LogP contribution in [0.4, 0.5) is 0 Å². The largest absolute Gasteiger partial charge is 0.493 e. The Kier molecular flexibility index (Phi) is 8.10. The standard InChI is InChI=1S/C20H27ClN2O/c1-23(2)13-12-22-11-6-14-24-20-10-9-19(21)16-18(20)15-17-7-4-3-5-8-17/h3-5,7-10,16,22H,6,11-15H2,1-2H3. The summed E-state index contributed by atoms with van der Waals surface area (Å²) in [4.78, 5) is 2.17. The quantitative estimate of drug-likeness (QED) is 0.661. The molecule has 4 heteroatoms. The minimum Gasteiger partial charge on any atom is -0.493 e. The molecule has 2 aromatic rings. The normalized spacial score (nSPS) is 11.0. The monoisotopic (exact) mass is 346 g/mol. The zero-order chi connectivity index (χ0) is 17.2. The number of ether oxygens (including phenoxy) is 1. The summed E-state index contributed by atoms with van der Waals surface area (Å²) < 4.78 is 5.98. The molecule has 0 aliphatic carbocycles. The SMILES string of the molecule is CN(C)CCNCCCOc1ccc(Cl)cc1Cc1ccccc1. The third-order valence-corrected chi connectivity index (χ3v) is 3.99. The van der Waals surface area contributed by atoms with Gasteiger partial charge in [0.1, 0.15) is 5.75 Å². The van der Waals surface area contributed by atoms with Crippen molar-refractivity contribution in [3.8, 4) is 5.75 Å². The van der Waals surface area contributed by atoms with Gasteiger partial charge in [-0.3, -0.25) is 0 Å². The lowest BCUT2D eigenvalue weighted by atomic mass is 10.0. The molecular weight excluding hydrogens is 320 g/mol. The number of rotatable bonds is 10. The summed E-state index contributed by atoms with van der Waals surface area (Å²) in [6.07, 6.45) is 1.82. The predicted molar refractivity (Wildman–Crippen MR) is 102 cm³/mol. The first kappa shape index (κ1) is 18.8. The Labute approximate surface area is 150 Å². The minimum absolute atomic E-state index is 0.707. The van der Waals surface area contributed by atoms with Crippen LogP contribution in [0.3, 0.4) is 0 Å². The highest BCUT2D eigenvalue weighted by Crippen LogP contribution is 2.25. The highest BCUT2D eigenvalue weighted by Gasteiger charge is 2.06. The van der Waals surface area contributed by atoms with Crippen LogP contribution < -0.4 is 10.1 Å². The van der Waals surface area contributed by atoms with Crippen LogP contribution in [-0.4, -0.2) is 45.2 Å². The fraction of sp³-hybridized carbons (Fsp3) is 0.400. The second-order valence-electron chi connectivity index (χ2n) is 6.17. The van der Waals surface area contributed by atoms with Crippen molar-refractivity contribution in [1.29, 1.82) is 0 Å².